The zero-order chi connectivity index (χ0) is 12.6. The number of benzene rings is 1. The predicted molar refractivity (Wildman–Crippen MR) is 61.9 cm³/mol. The van der Waals surface area contributed by atoms with Gasteiger partial charge >= 0.3 is 12.0 Å². The van der Waals surface area contributed by atoms with Gasteiger partial charge in [0.1, 0.15) is 0 Å². The van der Waals surface area contributed by atoms with Gasteiger partial charge in [0.15, 0.2) is 0 Å². The summed E-state index contributed by atoms with van der Waals surface area (Å²) in [5, 5.41) is 11.9. The molecule has 1 atom stereocenters. The van der Waals surface area contributed by atoms with E-state index in [1.54, 1.807) is 31.3 Å². The molecule has 0 aromatic heterocycles. The van der Waals surface area contributed by atoms with E-state index in [-0.39, 0.29) is 11.6 Å². The second-order valence-corrected chi connectivity index (χ2v) is 4.34. The minimum absolute atomic E-state index is 0.187. The highest BCUT2D eigenvalue weighted by Gasteiger charge is 2.42. The zero-order valence-corrected chi connectivity index (χ0v) is 9.73. The van der Waals surface area contributed by atoms with E-state index in [4.69, 9.17) is 5.11 Å². The molecule has 2 amide bonds. The van der Waals surface area contributed by atoms with Crippen LogP contribution in [0, 0.1) is 0 Å². The maximum Gasteiger partial charge on any atom is 0.336 e. The van der Waals surface area contributed by atoms with Crippen LogP contribution in [0.2, 0.25) is 0 Å². The van der Waals surface area contributed by atoms with Crippen LogP contribution in [0.1, 0.15) is 22.8 Å². The van der Waals surface area contributed by atoms with Crippen LogP contribution in [0.4, 0.5) is 4.79 Å². The number of aromatic carboxylic acids is 1. The Morgan fingerprint density at radius 3 is 2.65 bits per heavy atom. The topological polar surface area (TPSA) is 69.6 Å². The van der Waals surface area contributed by atoms with Crippen molar-refractivity contribution in [1.82, 2.24) is 10.2 Å². The van der Waals surface area contributed by atoms with Crippen molar-refractivity contribution in [2.24, 2.45) is 0 Å². The van der Waals surface area contributed by atoms with Crippen molar-refractivity contribution in [3.63, 3.8) is 0 Å². The maximum atomic E-state index is 11.5. The number of hydrogen-bond donors (Lipinski definition) is 2. The van der Waals surface area contributed by atoms with Crippen LogP contribution < -0.4 is 5.32 Å². The first-order valence-corrected chi connectivity index (χ1v) is 5.31. The molecular weight excluding hydrogens is 220 g/mol. The summed E-state index contributed by atoms with van der Waals surface area (Å²) in [7, 11) is 1.67. The van der Waals surface area contributed by atoms with Crippen molar-refractivity contribution in [2.75, 3.05) is 13.6 Å². The second-order valence-electron chi connectivity index (χ2n) is 4.34. The van der Waals surface area contributed by atoms with Crippen molar-refractivity contribution in [2.45, 2.75) is 12.5 Å². The largest absolute Gasteiger partial charge is 0.478 e. The number of carboxylic acid groups (broad SMARTS) is 1. The van der Waals surface area contributed by atoms with Crippen LogP contribution in [0.25, 0.3) is 0 Å². The van der Waals surface area contributed by atoms with Crippen LogP contribution in [-0.2, 0) is 5.54 Å². The monoisotopic (exact) mass is 234 g/mol. The van der Waals surface area contributed by atoms with Crippen molar-refractivity contribution in [1.29, 1.82) is 0 Å². The zero-order valence-electron chi connectivity index (χ0n) is 9.73. The lowest BCUT2D eigenvalue weighted by Crippen LogP contribution is -2.40. The molecular formula is C12H14N2O3. The molecule has 1 fully saturated rings. The van der Waals surface area contributed by atoms with Gasteiger partial charge in [-0.2, -0.15) is 0 Å². The third-order valence-electron chi connectivity index (χ3n) is 3.37. The van der Waals surface area contributed by atoms with Crippen molar-refractivity contribution >= 4 is 12.0 Å². The number of amides is 2. The molecule has 5 heteroatoms. The summed E-state index contributed by atoms with van der Waals surface area (Å²) in [5.74, 6) is -0.977. The lowest BCUT2D eigenvalue weighted by molar-refractivity contribution is 0.0690. The molecule has 17 heavy (non-hydrogen) atoms. The fourth-order valence-corrected chi connectivity index (χ4v) is 2.12. The molecule has 0 saturated carbocycles. The Balaban J connectivity index is 2.54. The molecule has 1 aromatic rings. The van der Waals surface area contributed by atoms with E-state index in [2.05, 4.69) is 5.32 Å². The SMILES string of the molecule is CN1C(=O)NCC1(C)c1ccccc1C(=O)O. The van der Waals surface area contributed by atoms with E-state index in [1.165, 1.54) is 4.90 Å². The molecule has 0 spiro atoms. The highest BCUT2D eigenvalue weighted by atomic mass is 16.4. The molecule has 1 unspecified atom stereocenters. The summed E-state index contributed by atoms with van der Waals surface area (Å²) >= 11 is 0. The molecule has 2 N–H and O–H groups in total. The van der Waals surface area contributed by atoms with E-state index >= 15 is 0 Å². The average Bonchev–Trinajstić information content (AvgIpc) is 2.58. The van der Waals surface area contributed by atoms with Gasteiger partial charge in [0.05, 0.1) is 11.1 Å². The Morgan fingerprint density at radius 1 is 1.47 bits per heavy atom. The average molecular weight is 234 g/mol. The minimum atomic E-state index is -0.977. The van der Waals surface area contributed by atoms with Gasteiger partial charge in [-0.1, -0.05) is 18.2 Å². The van der Waals surface area contributed by atoms with E-state index in [0.717, 1.165) is 0 Å². The van der Waals surface area contributed by atoms with Gasteiger partial charge in [0.2, 0.25) is 0 Å². The number of carboxylic acids is 1. The number of nitrogens with zero attached hydrogens (tertiary/aromatic N) is 1. The standard InChI is InChI=1S/C12H14N2O3/c1-12(7-13-11(17)14(12)2)9-6-4-3-5-8(9)10(15)16/h3-6H,7H2,1-2H3,(H,13,17)(H,15,16). The fourth-order valence-electron chi connectivity index (χ4n) is 2.12. The number of likely N-dealkylation sites (N-methyl/N-ethyl adjacent to an activating group) is 1. The van der Waals surface area contributed by atoms with Crippen LogP contribution >= 0.6 is 0 Å². The van der Waals surface area contributed by atoms with Crippen LogP contribution in [0.5, 0.6) is 0 Å². The molecule has 90 valence electrons. The van der Waals surface area contributed by atoms with Gasteiger partial charge < -0.3 is 15.3 Å². The minimum Gasteiger partial charge on any atom is -0.478 e. The van der Waals surface area contributed by atoms with Crippen molar-refractivity contribution in [3.8, 4) is 0 Å². The molecule has 0 radical (unpaired) electrons. The normalized spacial score (nSPS) is 23.6. The fraction of sp³-hybridized carbons (Fsp3) is 0.333. The van der Waals surface area contributed by atoms with E-state index in [9.17, 15) is 9.59 Å². The summed E-state index contributed by atoms with van der Waals surface area (Å²) in [6, 6.07) is 6.58. The Kier molecular flexibility index (Phi) is 2.53. The lowest BCUT2D eigenvalue weighted by atomic mass is 9.88. The smallest absolute Gasteiger partial charge is 0.336 e. The molecule has 0 aliphatic carbocycles. The highest BCUT2D eigenvalue weighted by molar-refractivity contribution is 5.90. The van der Waals surface area contributed by atoms with E-state index in [1.807, 2.05) is 6.92 Å². The molecule has 1 aliphatic heterocycles. The van der Waals surface area contributed by atoms with Crippen LogP contribution in [-0.4, -0.2) is 35.6 Å². The molecule has 5 nitrogen and oxygen atoms in total. The third-order valence-corrected chi connectivity index (χ3v) is 3.37. The van der Waals surface area contributed by atoms with Gasteiger partial charge in [0, 0.05) is 13.6 Å². The Morgan fingerprint density at radius 2 is 2.12 bits per heavy atom. The summed E-state index contributed by atoms with van der Waals surface area (Å²) in [5.41, 5.74) is 0.262. The Labute approximate surface area is 99.0 Å². The Hall–Kier alpha value is -2.04. The maximum absolute atomic E-state index is 11.5. The molecule has 1 saturated heterocycles. The summed E-state index contributed by atoms with van der Waals surface area (Å²) in [4.78, 5) is 24.2. The summed E-state index contributed by atoms with van der Waals surface area (Å²) in [6.45, 7) is 2.26. The van der Waals surface area contributed by atoms with Gasteiger partial charge in [-0.25, -0.2) is 9.59 Å². The van der Waals surface area contributed by atoms with Crippen molar-refractivity contribution in [3.05, 3.63) is 35.4 Å². The molecule has 1 aromatic carbocycles. The number of rotatable bonds is 2. The van der Waals surface area contributed by atoms with E-state index < -0.39 is 11.5 Å². The number of urea groups is 1. The first-order chi connectivity index (χ1) is 7.97. The number of hydrogen-bond acceptors (Lipinski definition) is 2. The summed E-state index contributed by atoms with van der Waals surface area (Å²) in [6.07, 6.45) is 0. The third kappa shape index (κ3) is 1.63. The van der Waals surface area contributed by atoms with Gasteiger partial charge in [0.25, 0.3) is 0 Å². The Bertz CT molecular complexity index is 486. The number of carbonyl (C=O) groups excluding carboxylic acids is 1. The summed E-state index contributed by atoms with van der Waals surface area (Å²) < 4.78 is 0. The quantitative estimate of drug-likeness (QED) is 0.809. The highest BCUT2D eigenvalue weighted by Crippen LogP contribution is 2.32. The first kappa shape index (κ1) is 11.4. The molecule has 1 aliphatic rings. The van der Waals surface area contributed by atoms with Crippen LogP contribution in [0.15, 0.2) is 24.3 Å². The second kappa shape index (κ2) is 3.76. The predicted octanol–water partition coefficient (Wildman–Crippen LogP) is 1.26. The van der Waals surface area contributed by atoms with Crippen LogP contribution in [0.3, 0.4) is 0 Å². The number of nitrogens with one attached hydrogen (secondary N) is 1. The van der Waals surface area contributed by atoms with Gasteiger partial charge in [-0.05, 0) is 18.6 Å². The van der Waals surface area contributed by atoms with Gasteiger partial charge in [-0.15, -0.1) is 0 Å². The lowest BCUT2D eigenvalue weighted by Gasteiger charge is -2.32. The van der Waals surface area contributed by atoms with Crippen molar-refractivity contribution < 1.29 is 14.7 Å². The molecule has 0 bridgehead atoms. The number of carbonyl (C=O) groups is 2. The molecule has 2 rings (SSSR count). The van der Waals surface area contributed by atoms with E-state index in [0.29, 0.717) is 12.1 Å². The first-order valence-electron chi connectivity index (χ1n) is 5.31. The van der Waals surface area contributed by atoms with Gasteiger partial charge in [-0.3, -0.25) is 0 Å². The molecule has 1 heterocycles.